The summed E-state index contributed by atoms with van der Waals surface area (Å²) in [5, 5.41) is 10.1. The second kappa shape index (κ2) is 11.9. The van der Waals surface area contributed by atoms with Gasteiger partial charge in [0.1, 0.15) is 0 Å². The zero-order valence-corrected chi connectivity index (χ0v) is 13.3. The number of ether oxygens (including phenoxy) is 1. The zero-order chi connectivity index (χ0) is 14.0. The summed E-state index contributed by atoms with van der Waals surface area (Å²) in [6, 6.07) is 8.28. The maximum atomic E-state index is 11.0. The predicted octanol–water partition coefficient (Wildman–Crippen LogP) is -2.42. The quantitative estimate of drug-likeness (QED) is 0.264. The fourth-order valence-corrected chi connectivity index (χ4v) is 1.06. The summed E-state index contributed by atoms with van der Waals surface area (Å²) in [6.07, 6.45) is -0.552. The minimum Gasteiger partial charge on any atom is -0.550 e. The van der Waals surface area contributed by atoms with Crippen LogP contribution >= 0.6 is 0 Å². The van der Waals surface area contributed by atoms with Crippen LogP contribution in [0.1, 0.15) is 30.6 Å². The molecule has 0 unspecified atom stereocenters. The van der Waals surface area contributed by atoms with Gasteiger partial charge in [-0.25, -0.2) is 0 Å². The van der Waals surface area contributed by atoms with Gasteiger partial charge >= 0.3 is 35.5 Å². The number of hydrogen-bond donors (Lipinski definition) is 0. The third-order valence-electron chi connectivity index (χ3n) is 1.75. The van der Waals surface area contributed by atoms with Gasteiger partial charge in [-0.15, -0.1) is 0 Å². The summed E-state index contributed by atoms with van der Waals surface area (Å²) < 4.78 is 4.40. The van der Waals surface area contributed by atoms with Crippen LogP contribution in [0.4, 0.5) is 0 Å². The van der Waals surface area contributed by atoms with Crippen molar-refractivity contribution < 1.29 is 53.8 Å². The van der Waals surface area contributed by atoms with E-state index in [2.05, 4.69) is 4.74 Å². The summed E-state index contributed by atoms with van der Waals surface area (Å²) in [4.78, 5) is 30.9. The first-order valence-corrected chi connectivity index (χ1v) is 5.38. The van der Waals surface area contributed by atoms with Gasteiger partial charge in [0.05, 0.1) is 13.0 Å². The van der Waals surface area contributed by atoms with Crippen LogP contribution in [0.2, 0.25) is 0 Å². The smallest absolute Gasteiger partial charge is 0.550 e. The first-order valence-electron chi connectivity index (χ1n) is 5.38. The molecule has 0 heterocycles. The Morgan fingerprint density at radius 1 is 1.16 bits per heavy atom. The van der Waals surface area contributed by atoms with Gasteiger partial charge in [-0.1, -0.05) is 30.3 Å². The first-order chi connectivity index (χ1) is 8.47. The molecule has 1 aromatic rings. The number of aliphatic carboxylic acids is 1. The number of carbonyl (C=O) groups is 3. The Balaban J connectivity index is 0. The third-order valence-corrected chi connectivity index (χ3v) is 1.75. The fraction of sp³-hybridized carbons (Fsp3) is 0.308. The van der Waals surface area contributed by atoms with Crippen LogP contribution < -0.4 is 34.7 Å². The average Bonchev–Trinajstić information content (AvgIpc) is 2.30. The number of carboxylic acid groups (broad SMARTS) is 1. The molecular weight excluding hydrogens is 259 g/mol. The van der Waals surface area contributed by atoms with Gasteiger partial charge < -0.3 is 14.6 Å². The molecule has 0 radical (unpaired) electrons. The van der Waals surface area contributed by atoms with Crippen molar-refractivity contribution in [2.45, 2.75) is 20.3 Å². The maximum Gasteiger partial charge on any atom is 1.00 e. The van der Waals surface area contributed by atoms with Gasteiger partial charge in [0.25, 0.3) is 0 Å². The summed E-state index contributed by atoms with van der Waals surface area (Å²) in [7, 11) is 0. The number of carboxylic acids is 1. The van der Waals surface area contributed by atoms with Crippen molar-refractivity contribution >= 4 is 17.7 Å². The van der Waals surface area contributed by atoms with Gasteiger partial charge in [-0.2, -0.15) is 0 Å². The monoisotopic (exact) mass is 274 g/mol. The van der Waals surface area contributed by atoms with Gasteiger partial charge in [0.2, 0.25) is 0 Å². The van der Waals surface area contributed by atoms with Crippen LogP contribution in [0.3, 0.4) is 0 Å². The molecule has 0 aliphatic rings. The number of rotatable bonds is 4. The van der Waals surface area contributed by atoms with E-state index in [9.17, 15) is 19.5 Å². The Labute approximate surface area is 134 Å². The molecule has 1 aromatic carbocycles. The summed E-state index contributed by atoms with van der Waals surface area (Å²) in [5.74, 6) is -1.98. The molecule has 5 nitrogen and oxygen atoms in total. The number of carbonyl (C=O) groups excluding carboxylic acids is 3. The number of benzene rings is 1. The van der Waals surface area contributed by atoms with E-state index in [1.165, 1.54) is 6.92 Å². The van der Waals surface area contributed by atoms with Crippen LogP contribution in [0.15, 0.2) is 30.3 Å². The molecule has 0 aliphatic carbocycles. The van der Waals surface area contributed by atoms with Crippen LogP contribution in [-0.4, -0.2) is 24.3 Å². The molecule has 0 spiro atoms. The van der Waals surface area contributed by atoms with Crippen LogP contribution in [0.5, 0.6) is 0 Å². The molecule has 0 bridgehead atoms. The SMILES string of the molecule is CCOC(C)=O.O=C([O-])CC(=O)c1ccccc1.[Na+]. The van der Waals surface area contributed by atoms with Gasteiger partial charge in [-0.3, -0.25) is 9.59 Å². The Bertz CT molecular complexity index is 403. The predicted molar refractivity (Wildman–Crippen MR) is 62.7 cm³/mol. The fourth-order valence-electron chi connectivity index (χ4n) is 1.06. The Kier molecular flexibility index (Phi) is 12.6. The molecule has 6 heteroatoms. The molecule has 0 N–H and O–H groups in total. The number of esters is 1. The number of ketones is 1. The van der Waals surface area contributed by atoms with Crippen LogP contribution in [0, 0.1) is 0 Å². The molecule has 0 fully saturated rings. The van der Waals surface area contributed by atoms with E-state index in [4.69, 9.17) is 0 Å². The molecule has 0 saturated carbocycles. The number of hydrogen-bond acceptors (Lipinski definition) is 5. The van der Waals surface area contributed by atoms with Gasteiger partial charge in [0, 0.05) is 18.5 Å². The van der Waals surface area contributed by atoms with E-state index in [1.807, 2.05) is 0 Å². The third kappa shape index (κ3) is 11.6. The largest absolute Gasteiger partial charge is 1.00 e. The minimum atomic E-state index is -1.34. The van der Waals surface area contributed by atoms with E-state index in [0.29, 0.717) is 12.2 Å². The normalized spacial score (nSPS) is 8.32. The number of Topliss-reactive ketones (excluding diaryl/α,β-unsaturated/α-hetero) is 1. The van der Waals surface area contributed by atoms with Gasteiger partial charge in [-0.05, 0) is 6.92 Å². The Hall–Kier alpha value is -1.17. The van der Waals surface area contributed by atoms with E-state index in [0.717, 1.165) is 0 Å². The molecular formula is C13H15NaO5. The van der Waals surface area contributed by atoms with Crippen molar-refractivity contribution in [3.63, 3.8) is 0 Å². The van der Waals surface area contributed by atoms with Crippen molar-refractivity contribution in [2.24, 2.45) is 0 Å². The Morgan fingerprint density at radius 3 is 2.00 bits per heavy atom. The van der Waals surface area contributed by atoms with Crippen molar-refractivity contribution in [3.8, 4) is 0 Å². The zero-order valence-electron chi connectivity index (χ0n) is 11.3. The summed E-state index contributed by atoms with van der Waals surface area (Å²) >= 11 is 0. The van der Waals surface area contributed by atoms with E-state index >= 15 is 0 Å². The van der Waals surface area contributed by atoms with Gasteiger partial charge in [0.15, 0.2) is 5.78 Å². The second-order valence-corrected chi connectivity index (χ2v) is 3.26. The van der Waals surface area contributed by atoms with E-state index < -0.39 is 18.2 Å². The average molecular weight is 274 g/mol. The second-order valence-electron chi connectivity index (χ2n) is 3.26. The summed E-state index contributed by atoms with van der Waals surface area (Å²) in [5.41, 5.74) is 0.404. The van der Waals surface area contributed by atoms with E-state index in [1.54, 1.807) is 37.3 Å². The first kappa shape index (κ1) is 20.2. The molecule has 98 valence electrons. The van der Waals surface area contributed by atoms with Crippen molar-refractivity contribution in [1.29, 1.82) is 0 Å². The standard InChI is InChI=1S/C9H8O3.C4H8O2.Na/c10-8(6-9(11)12)7-4-2-1-3-5-7;1-3-6-4(2)5;/h1-5H,6H2,(H,11,12);3H2,1-2H3;/q;;+1/p-1. The van der Waals surface area contributed by atoms with E-state index in [-0.39, 0.29) is 35.5 Å². The van der Waals surface area contributed by atoms with Crippen molar-refractivity contribution in [3.05, 3.63) is 35.9 Å². The molecule has 19 heavy (non-hydrogen) atoms. The maximum absolute atomic E-state index is 11.0. The topological polar surface area (TPSA) is 83.5 Å². The van der Waals surface area contributed by atoms with Crippen molar-refractivity contribution in [2.75, 3.05) is 6.61 Å². The molecule has 0 aliphatic heterocycles. The summed E-state index contributed by atoms with van der Waals surface area (Å²) in [6.45, 7) is 3.65. The Morgan fingerprint density at radius 2 is 1.68 bits per heavy atom. The molecule has 0 amide bonds. The molecule has 0 saturated heterocycles. The minimum absolute atomic E-state index is 0. The van der Waals surface area contributed by atoms with Crippen LogP contribution in [0.25, 0.3) is 0 Å². The van der Waals surface area contributed by atoms with Crippen LogP contribution in [-0.2, 0) is 14.3 Å². The van der Waals surface area contributed by atoms with Crippen molar-refractivity contribution in [1.82, 2.24) is 0 Å². The molecule has 1 rings (SSSR count). The molecule has 0 atom stereocenters. The molecule has 0 aromatic heterocycles.